The van der Waals surface area contributed by atoms with Crippen LogP contribution in [0.2, 0.25) is 0 Å². The maximum atomic E-state index is 13.1. The molecule has 0 N–H and O–H groups in total. The molecule has 2 heterocycles. The Hall–Kier alpha value is -1.55. The van der Waals surface area contributed by atoms with Gasteiger partial charge in [-0.25, -0.2) is 0 Å². The molecular weight excluding hydrogens is 306 g/mol. The average molecular weight is 329 g/mol. The topological polar surface area (TPSA) is 29.5 Å². The van der Waals surface area contributed by atoms with Crippen LogP contribution in [0.3, 0.4) is 0 Å². The highest BCUT2D eigenvalue weighted by molar-refractivity contribution is 7.16. The van der Waals surface area contributed by atoms with Crippen LogP contribution in [0, 0.1) is 5.92 Å². The molecule has 0 amide bonds. The molecule has 4 rings (SSSR count). The van der Waals surface area contributed by atoms with Gasteiger partial charge in [0.2, 0.25) is 5.43 Å². The molecule has 1 saturated heterocycles. The number of hydrogen-bond donors (Lipinski definition) is 0. The monoisotopic (exact) mass is 329 g/mol. The molecule has 0 radical (unpaired) electrons. The summed E-state index contributed by atoms with van der Waals surface area (Å²) in [6.07, 6.45) is 7.78. The largest absolute Gasteiger partial charge is 0.497 e. The Morgan fingerprint density at radius 2 is 2.00 bits per heavy atom. The lowest BCUT2D eigenvalue weighted by Crippen LogP contribution is -2.48. The van der Waals surface area contributed by atoms with Crippen LogP contribution in [-0.4, -0.2) is 19.7 Å². The first-order valence-corrected chi connectivity index (χ1v) is 9.52. The van der Waals surface area contributed by atoms with Gasteiger partial charge in [0, 0.05) is 28.1 Å². The second-order valence-corrected chi connectivity index (χ2v) is 7.67. The van der Waals surface area contributed by atoms with Crippen molar-refractivity contribution >= 4 is 27.1 Å². The van der Waals surface area contributed by atoms with Gasteiger partial charge in [0.15, 0.2) is 0 Å². The van der Waals surface area contributed by atoms with Gasteiger partial charge < -0.3 is 9.64 Å². The van der Waals surface area contributed by atoms with E-state index in [0.29, 0.717) is 6.04 Å². The number of rotatable bonds is 2. The van der Waals surface area contributed by atoms with Crippen molar-refractivity contribution in [2.75, 3.05) is 18.6 Å². The Morgan fingerprint density at radius 1 is 1.17 bits per heavy atom. The fourth-order valence-electron chi connectivity index (χ4n) is 4.35. The summed E-state index contributed by atoms with van der Waals surface area (Å²) in [5.74, 6) is 1.54. The van der Waals surface area contributed by atoms with Gasteiger partial charge in [-0.2, -0.15) is 0 Å². The van der Waals surface area contributed by atoms with Gasteiger partial charge in [-0.3, -0.25) is 4.79 Å². The van der Waals surface area contributed by atoms with Crippen LogP contribution in [0.4, 0.5) is 5.69 Å². The predicted octanol–water partition coefficient (Wildman–Crippen LogP) is 4.43. The molecule has 1 saturated carbocycles. The number of hydrogen-bond acceptors (Lipinski definition) is 4. The van der Waals surface area contributed by atoms with Gasteiger partial charge in [0.25, 0.3) is 0 Å². The molecule has 122 valence electrons. The minimum Gasteiger partial charge on any atom is -0.497 e. The third-order valence-electron chi connectivity index (χ3n) is 5.51. The van der Waals surface area contributed by atoms with E-state index in [1.807, 2.05) is 18.2 Å². The van der Waals surface area contributed by atoms with E-state index in [1.54, 1.807) is 18.4 Å². The maximum Gasteiger partial charge on any atom is 0.211 e. The number of fused-ring (bicyclic) bond motifs is 2. The molecule has 1 aromatic heterocycles. The highest BCUT2D eigenvalue weighted by Gasteiger charge is 2.34. The zero-order valence-corrected chi connectivity index (χ0v) is 14.4. The minimum absolute atomic E-state index is 0.170. The Kier molecular flexibility index (Phi) is 4.02. The van der Waals surface area contributed by atoms with E-state index in [9.17, 15) is 4.79 Å². The van der Waals surface area contributed by atoms with Crippen LogP contribution in [0.25, 0.3) is 10.1 Å². The second kappa shape index (κ2) is 6.16. The van der Waals surface area contributed by atoms with Crippen LogP contribution in [0.5, 0.6) is 5.75 Å². The number of nitrogens with zero attached hydrogens (tertiary/aromatic N) is 1. The maximum absolute atomic E-state index is 13.1. The fourth-order valence-corrected chi connectivity index (χ4v) is 5.26. The van der Waals surface area contributed by atoms with Crippen LogP contribution in [0.15, 0.2) is 28.4 Å². The van der Waals surface area contributed by atoms with Crippen molar-refractivity contribution in [3.63, 3.8) is 0 Å². The molecule has 1 aromatic carbocycles. The third kappa shape index (κ3) is 2.63. The summed E-state index contributed by atoms with van der Waals surface area (Å²) >= 11 is 1.67. The highest BCUT2D eigenvalue weighted by Crippen LogP contribution is 2.37. The first-order valence-electron chi connectivity index (χ1n) is 8.64. The van der Waals surface area contributed by atoms with Crippen LogP contribution < -0.4 is 15.1 Å². The molecule has 4 heteroatoms. The smallest absolute Gasteiger partial charge is 0.211 e. The highest BCUT2D eigenvalue weighted by atomic mass is 32.1. The van der Waals surface area contributed by atoms with Gasteiger partial charge in [0.05, 0.1) is 12.8 Å². The van der Waals surface area contributed by atoms with Gasteiger partial charge >= 0.3 is 0 Å². The van der Waals surface area contributed by atoms with Crippen LogP contribution in [-0.2, 0) is 0 Å². The molecule has 1 aliphatic heterocycles. The molecule has 2 atom stereocenters. The summed E-state index contributed by atoms with van der Waals surface area (Å²) in [7, 11) is 1.65. The Morgan fingerprint density at radius 3 is 2.87 bits per heavy atom. The summed E-state index contributed by atoms with van der Waals surface area (Å²) in [5.41, 5.74) is 1.08. The number of methoxy groups -OCH3 is 1. The summed E-state index contributed by atoms with van der Waals surface area (Å²) in [6, 6.07) is 6.38. The third-order valence-corrected chi connectivity index (χ3v) is 6.47. The van der Waals surface area contributed by atoms with Crippen molar-refractivity contribution in [1.29, 1.82) is 0 Å². The van der Waals surface area contributed by atoms with Crippen molar-refractivity contribution < 1.29 is 4.74 Å². The minimum atomic E-state index is 0.170. The first kappa shape index (κ1) is 15.0. The van der Waals surface area contributed by atoms with E-state index in [4.69, 9.17) is 4.74 Å². The van der Waals surface area contributed by atoms with Crippen LogP contribution >= 0.6 is 11.3 Å². The van der Waals surface area contributed by atoms with E-state index in [-0.39, 0.29) is 5.43 Å². The lowest BCUT2D eigenvalue weighted by Gasteiger charge is -2.45. The van der Waals surface area contributed by atoms with Crippen LogP contribution in [0.1, 0.15) is 38.5 Å². The van der Waals surface area contributed by atoms with E-state index < -0.39 is 0 Å². The molecule has 0 spiro atoms. The molecule has 2 fully saturated rings. The first-order chi connectivity index (χ1) is 11.3. The van der Waals surface area contributed by atoms with Crippen molar-refractivity contribution in [2.45, 2.75) is 44.6 Å². The summed E-state index contributed by atoms with van der Waals surface area (Å²) < 4.78 is 6.34. The number of ether oxygens (including phenoxy) is 1. The number of benzene rings is 1. The standard InChI is InChI=1S/C19H23NO2S/c1-22-14-8-9-18-15(11-14)19(21)17(12-23-18)20-10-4-6-13-5-2-3-7-16(13)20/h8-9,11-13,16H,2-7,10H2,1H3/t13-,16+/m1/s1. The average Bonchev–Trinajstić information content (AvgIpc) is 2.61. The Bertz CT molecular complexity index is 768. The molecule has 2 aromatic rings. The SMILES string of the molecule is COc1ccc2scc(N3CCC[C@H]4CCCC[C@@H]43)c(=O)c2c1. The predicted molar refractivity (Wildman–Crippen MR) is 97.0 cm³/mol. The molecule has 0 bridgehead atoms. The quantitative estimate of drug-likeness (QED) is 0.816. The molecule has 23 heavy (non-hydrogen) atoms. The van der Waals surface area contributed by atoms with E-state index in [1.165, 1.54) is 38.5 Å². The van der Waals surface area contributed by atoms with Gasteiger partial charge in [0.1, 0.15) is 5.75 Å². The molecule has 3 nitrogen and oxygen atoms in total. The van der Waals surface area contributed by atoms with Crippen molar-refractivity contribution in [3.8, 4) is 5.75 Å². The van der Waals surface area contributed by atoms with Crippen molar-refractivity contribution in [3.05, 3.63) is 33.8 Å². The normalized spacial score (nSPS) is 24.5. The zero-order chi connectivity index (χ0) is 15.8. The lowest BCUT2D eigenvalue weighted by atomic mass is 9.78. The van der Waals surface area contributed by atoms with E-state index >= 15 is 0 Å². The van der Waals surface area contributed by atoms with Gasteiger partial charge in [-0.15, -0.1) is 11.3 Å². The fraction of sp³-hybridized carbons (Fsp3) is 0.526. The molecule has 0 unspecified atom stereocenters. The van der Waals surface area contributed by atoms with E-state index in [2.05, 4.69) is 10.3 Å². The zero-order valence-electron chi connectivity index (χ0n) is 13.6. The number of anilines is 1. The van der Waals surface area contributed by atoms with Gasteiger partial charge in [-0.1, -0.05) is 12.8 Å². The van der Waals surface area contributed by atoms with Crippen molar-refractivity contribution in [1.82, 2.24) is 0 Å². The molecule has 2 aliphatic rings. The lowest BCUT2D eigenvalue weighted by molar-refractivity contribution is 0.243. The summed E-state index contributed by atoms with van der Waals surface area (Å²) in [6.45, 7) is 1.03. The van der Waals surface area contributed by atoms with Crippen molar-refractivity contribution in [2.24, 2.45) is 5.92 Å². The summed E-state index contributed by atoms with van der Waals surface area (Å²) in [5, 5.41) is 2.87. The molecular formula is C19H23NO2S. The Labute approximate surface area is 140 Å². The van der Waals surface area contributed by atoms with E-state index in [0.717, 1.165) is 34.0 Å². The Balaban J connectivity index is 1.78. The summed E-state index contributed by atoms with van der Waals surface area (Å²) in [4.78, 5) is 15.5. The van der Waals surface area contributed by atoms with Gasteiger partial charge in [-0.05, 0) is 49.8 Å². The molecule has 1 aliphatic carbocycles. The second-order valence-electron chi connectivity index (χ2n) is 6.76. The number of piperidine rings is 1.